The molecule has 0 unspecified atom stereocenters. The third-order valence-corrected chi connectivity index (χ3v) is 7.42. The van der Waals surface area contributed by atoms with E-state index in [1.807, 2.05) is 12.1 Å². The van der Waals surface area contributed by atoms with Gasteiger partial charge in [0, 0.05) is 11.6 Å². The monoisotopic (exact) mass is 445 g/mol. The van der Waals surface area contributed by atoms with Crippen LogP contribution >= 0.6 is 0 Å². The van der Waals surface area contributed by atoms with Gasteiger partial charge in [0.1, 0.15) is 11.6 Å². The molecule has 1 saturated carbocycles. The van der Waals surface area contributed by atoms with Gasteiger partial charge in [0.15, 0.2) is 0 Å². The lowest BCUT2D eigenvalue weighted by atomic mass is 9.95. The highest BCUT2D eigenvalue weighted by molar-refractivity contribution is 7.89. The summed E-state index contributed by atoms with van der Waals surface area (Å²) in [6.07, 6.45) is 4.53. The highest BCUT2D eigenvalue weighted by Crippen LogP contribution is 2.30. The van der Waals surface area contributed by atoms with E-state index >= 15 is 0 Å². The summed E-state index contributed by atoms with van der Waals surface area (Å²) in [5, 5.41) is 4.01. The lowest BCUT2D eigenvalue weighted by Gasteiger charge is -2.32. The van der Waals surface area contributed by atoms with Crippen LogP contribution in [0.2, 0.25) is 0 Å². The molecule has 9 heteroatoms. The van der Waals surface area contributed by atoms with Crippen LogP contribution in [0.4, 0.5) is 4.39 Å². The van der Waals surface area contributed by atoms with E-state index in [0.29, 0.717) is 11.6 Å². The minimum absolute atomic E-state index is 0.0342. The maximum absolute atomic E-state index is 13.4. The van der Waals surface area contributed by atoms with E-state index in [2.05, 4.69) is 10.1 Å². The average molecular weight is 446 g/mol. The second kappa shape index (κ2) is 9.15. The number of hydrogen-bond donors (Lipinski definition) is 0. The van der Waals surface area contributed by atoms with Crippen LogP contribution in [0.3, 0.4) is 0 Å². The van der Waals surface area contributed by atoms with Crippen LogP contribution in [0.5, 0.6) is 5.75 Å². The van der Waals surface area contributed by atoms with E-state index in [0.717, 1.165) is 49.8 Å². The summed E-state index contributed by atoms with van der Waals surface area (Å²) < 4.78 is 52.1. The number of hydrogen-bond acceptors (Lipinski definition) is 6. The molecule has 1 aromatic heterocycles. The van der Waals surface area contributed by atoms with Crippen LogP contribution in [0, 0.1) is 5.82 Å². The molecule has 0 aliphatic heterocycles. The molecule has 164 valence electrons. The SMILES string of the molecule is COc1ccc(-c2noc(CN(C3CCCCC3)S(=O)(=O)c3ccc(F)cc3)n2)cc1. The zero-order valence-electron chi connectivity index (χ0n) is 17.2. The summed E-state index contributed by atoms with van der Waals surface area (Å²) in [6.45, 7) is -0.0342. The van der Waals surface area contributed by atoms with Crippen LogP contribution < -0.4 is 4.74 Å². The number of benzene rings is 2. The normalized spacial score (nSPS) is 15.3. The maximum Gasteiger partial charge on any atom is 0.243 e. The van der Waals surface area contributed by atoms with Crippen molar-refractivity contribution in [3.05, 3.63) is 60.2 Å². The predicted octanol–water partition coefficient (Wildman–Crippen LogP) is 4.41. The molecule has 1 heterocycles. The third kappa shape index (κ3) is 4.77. The molecule has 0 atom stereocenters. The first-order chi connectivity index (χ1) is 15.0. The number of aromatic nitrogens is 2. The van der Waals surface area contributed by atoms with Gasteiger partial charge in [-0.05, 0) is 61.4 Å². The molecule has 0 saturated heterocycles. The van der Waals surface area contributed by atoms with E-state index in [-0.39, 0.29) is 23.4 Å². The molecular formula is C22H24FN3O4S. The van der Waals surface area contributed by atoms with E-state index < -0.39 is 15.8 Å². The Labute approximate surface area is 180 Å². The van der Waals surface area contributed by atoms with E-state index in [9.17, 15) is 12.8 Å². The first-order valence-corrected chi connectivity index (χ1v) is 11.7. The second-order valence-corrected chi connectivity index (χ2v) is 9.43. The van der Waals surface area contributed by atoms with E-state index in [4.69, 9.17) is 9.26 Å². The molecule has 0 N–H and O–H groups in total. The molecule has 0 bridgehead atoms. The molecular weight excluding hydrogens is 421 g/mol. The van der Waals surface area contributed by atoms with Crippen molar-refractivity contribution in [1.29, 1.82) is 0 Å². The molecule has 1 aliphatic carbocycles. The van der Waals surface area contributed by atoms with Crippen molar-refractivity contribution in [2.75, 3.05) is 7.11 Å². The number of sulfonamides is 1. The Morgan fingerprint density at radius 3 is 2.39 bits per heavy atom. The predicted molar refractivity (Wildman–Crippen MR) is 112 cm³/mol. The van der Waals surface area contributed by atoms with Crippen LogP contribution in [-0.2, 0) is 16.6 Å². The fraction of sp³-hybridized carbons (Fsp3) is 0.364. The molecule has 7 nitrogen and oxygen atoms in total. The van der Waals surface area contributed by atoms with Gasteiger partial charge in [0.05, 0.1) is 18.6 Å². The Bertz CT molecular complexity index is 1110. The fourth-order valence-corrected chi connectivity index (χ4v) is 5.47. The second-order valence-electron chi connectivity index (χ2n) is 7.54. The Morgan fingerprint density at radius 1 is 1.06 bits per heavy atom. The molecule has 1 fully saturated rings. The first-order valence-electron chi connectivity index (χ1n) is 10.2. The molecule has 2 aromatic carbocycles. The number of halogens is 1. The van der Waals surface area contributed by atoms with Gasteiger partial charge in [0.25, 0.3) is 0 Å². The van der Waals surface area contributed by atoms with Crippen molar-refractivity contribution >= 4 is 10.0 Å². The Kier molecular flexibility index (Phi) is 6.33. The lowest BCUT2D eigenvalue weighted by molar-refractivity contribution is 0.223. The van der Waals surface area contributed by atoms with Crippen molar-refractivity contribution in [1.82, 2.24) is 14.4 Å². The van der Waals surface area contributed by atoms with E-state index in [1.54, 1.807) is 19.2 Å². The Hall–Kier alpha value is -2.78. The third-order valence-electron chi connectivity index (χ3n) is 5.51. The zero-order chi connectivity index (χ0) is 21.8. The van der Waals surface area contributed by atoms with Crippen molar-refractivity contribution in [3.63, 3.8) is 0 Å². The topological polar surface area (TPSA) is 85.5 Å². The first kappa shape index (κ1) is 21.5. The number of rotatable bonds is 7. The van der Waals surface area contributed by atoms with Gasteiger partial charge in [-0.3, -0.25) is 0 Å². The summed E-state index contributed by atoms with van der Waals surface area (Å²) in [6, 6.07) is 11.9. The van der Waals surface area contributed by atoms with Gasteiger partial charge in [-0.15, -0.1) is 0 Å². The number of nitrogens with zero attached hydrogens (tertiary/aromatic N) is 3. The zero-order valence-corrected chi connectivity index (χ0v) is 18.0. The van der Waals surface area contributed by atoms with Gasteiger partial charge >= 0.3 is 0 Å². The summed E-state index contributed by atoms with van der Waals surface area (Å²) in [7, 11) is -2.27. The Balaban J connectivity index is 1.62. The minimum atomic E-state index is -3.86. The van der Waals surface area contributed by atoms with Crippen molar-refractivity contribution in [3.8, 4) is 17.1 Å². The quantitative estimate of drug-likeness (QED) is 0.536. The Morgan fingerprint density at radius 2 is 1.74 bits per heavy atom. The van der Waals surface area contributed by atoms with Gasteiger partial charge in [0.2, 0.25) is 21.7 Å². The van der Waals surface area contributed by atoms with Crippen LogP contribution in [-0.4, -0.2) is 36.0 Å². The van der Waals surface area contributed by atoms with Gasteiger partial charge in [-0.25, -0.2) is 12.8 Å². The molecule has 0 radical (unpaired) electrons. The smallest absolute Gasteiger partial charge is 0.243 e. The van der Waals surface area contributed by atoms with Gasteiger partial charge < -0.3 is 9.26 Å². The molecule has 4 rings (SSSR count). The summed E-state index contributed by atoms with van der Waals surface area (Å²) in [5.74, 6) is 0.813. The van der Waals surface area contributed by atoms with Crippen molar-refractivity contribution in [2.45, 2.75) is 49.6 Å². The van der Waals surface area contributed by atoms with Crippen LogP contribution in [0.1, 0.15) is 38.0 Å². The molecule has 1 aliphatic rings. The molecule has 3 aromatic rings. The molecule has 0 amide bonds. The maximum atomic E-state index is 13.4. The highest BCUT2D eigenvalue weighted by atomic mass is 32.2. The highest BCUT2D eigenvalue weighted by Gasteiger charge is 2.34. The molecule has 0 spiro atoms. The standard InChI is InChI=1S/C22H24FN3O4S/c1-29-19-11-7-16(8-12-19)22-24-21(30-25-22)15-26(18-5-3-2-4-6-18)31(27,28)20-13-9-17(23)10-14-20/h7-14,18H,2-6,15H2,1H3. The summed E-state index contributed by atoms with van der Waals surface area (Å²) in [4.78, 5) is 4.46. The summed E-state index contributed by atoms with van der Waals surface area (Å²) in [5.41, 5.74) is 0.737. The number of methoxy groups -OCH3 is 1. The van der Waals surface area contributed by atoms with Crippen molar-refractivity contribution < 1.29 is 22.1 Å². The fourth-order valence-electron chi connectivity index (χ4n) is 3.83. The lowest BCUT2D eigenvalue weighted by Crippen LogP contribution is -2.41. The van der Waals surface area contributed by atoms with Crippen molar-refractivity contribution in [2.24, 2.45) is 0 Å². The minimum Gasteiger partial charge on any atom is -0.497 e. The van der Waals surface area contributed by atoms with E-state index in [1.165, 1.54) is 16.4 Å². The average Bonchev–Trinajstić information content (AvgIpc) is 3.27. The van der Waals surface area contributed by atoms with Crippen LogP contribution in [0.15, 0.2) is 57.9 Å². The molecule has 31 heavy (non-hydrogen) atoms. The summed E-state index contributed by atoms with van der Waals surface area (Å²) >= 11 is 0. The number of ether oxygens (including phenoxy) is 1. The van der Waals surface area contributed by atoms with Gasteiger partial charge in [-0.2, -0.15) is 9.29 Å². The van der Waals surface area contributed by atoms with Crippen LogP contribution in [0.25, 0.3) is 11.4 Å². The largest absolute Gasteiger partial charge is 0.497 e. The van der Waals surface area contributed by atoms with Gasteiger partial charge in [-0.1, -0.05) is 24.4 Å².